The van der Waals surface area contributed by atoms with Gasteiger partial charge in [-0.25, -0.2) is 9.59 Å². The second-order valence-corrected chi connectivity index (χ2v) is 6.38. The summed E-state index contributed by atoms with van der Waals surface area (Å²) in [4.78, 5) is 37.1. The van der Waals surface area contributed by atoms with Crippen LogP contribution in [0.2, 0.25) is 0 Å². The number of benzene rings is 1. The Morgan fingerprint density at radius 2 is 2.08 bits per heavy atom. The number of aryl methyl sites for hydroxylation is 1. The van der Waals surface area contributed by atoms with Crippen molar-refractivity contribution in [1.82, 2.24) is 4.90 Å². The zero-order valence-electron chi connectivity index (χ0n) is 14.9. The number of thioether (sulfide) groups is 1. The lowest BCUT2D eigenvalue weighted by Gasteiger charge is -2.17. The molecule has 1 fully saturated rings. The van der Waals surface area contributed by atoms with Gasteiger partial charge in [0.15, 0.2) is 0 Å². The van der Waals surface area contributed by atoms with Crippen molar-refractivity contribution in [2.24, 2.45) is 0 Å². The van der Waals surface area contributed by atoms with E-state index in [0.29, 0.717) is 16.3 Å². The summed E-state index contributed by atoms with van der Waals surface area (Å²) < 4.78 is 15.3. The average Bonchev–Trinajstić information content (AvgIpc) is 2.95. The van der Waals surface area contributed by atoms with Crippen LogP contribution < -0.4 is 4.74 Å². The van der Waals surface area contributed by atoms with Crippen LogP contribution in [0.15, 0.2) is 29.3 Å². The van der Waals surface area contributed by atoms with Crippen molar-refractivity contribution in [3.05, 3.63) is 40.4 Å². The minimum atomic E-state index is -0.501. The highest BCUT2D eigenvalue weighted by molar-refractivity contribution is 8.04. The molecule has 0 saturated carbocycles. The maximum atomic E-state index is 12.1. The van der Waals surface area contributed by atoms with E-state index in [4.69, 9.17) is 14.2 Å². The molecule has 1 heterocycles. The summed E-state index contributed by atoms with van der Waals surface area (Å²) in [7, 11) is 1.53. The number of hydrogen-bond acceptors (Lipinski definition) is 7. The monoisotopic (exact) mass is 379 g/mol. The van der Waals surface area contributed by atoms with Crippen LogP contribution in [0.25, 0.3) is 0 Å². The van der Waals surface area contributed by atoms with Gasteiger partial charge in [-0.1, -0.05) is 17.8 Å². The number of rotatable bonds is 7. The SMILES string of the molecule is CCOC(=O)/C=C1\SCC(=O)N1CCOC(=O)c1ccc(C)c(OC)c1. The van der Waals surface area contributed by atoms with E-state index in [1.165, 1.54) is 29.8 Å². The fourth-order valence-corrected chi connectivity index (χ4v) is 3.27. The lowest BCUT2D eigenvalue weighted by atomic mass is 10.1. The molecule has 0 N–H and O–H groups in total. The molecule has 7 nitrogen and oxygen atoms in total. The van der Waals surface area contributed by atoms with Crippen LogP contribution in [0.5, 0.6) is 5.75 Å². The molecule has 8 heteroatoms. The van der Waals surface area contributed by atoms with E-state index in [9.17, 15) is 14.4 Å². The van der Waals surface area contributed by atoms with Gasteiger partial charge in [-0.3, -0.25) is 4.79 Å². The molecule has 1 aliphatic heterocycles. The first-order valence-electron chi connectivity index (χ1n) is 8.09. The minimum absolute atomic E-state index is 0.0154. The number of nitrogens with zero attached hydrogens (tertiary/aromatic N) is 1. The molecule has 0 atom stereocenters. The van der Waals surface area contributed by atoms with Crippen LogP contribution in [-0.4, -0.2) is 55.4 Å². The van der Waals surface area contributed by atoms with Gasteiger partial charge in [0.1, 0.15) is 12.4 Å². The van der Waals surface area contributed by atoms with Gasteiger partial charge in [0.05, 0.1) is 42.7 Å². The molecule has 26 heavy (non-hydrogen) atoms. The third-order valence-electron chi connectivity index (χ3n) is 3.63. The highest BCUT2D eigenvalue weighted by atomic mass is 32.2. The predicted molar refractivity (Wildman–Crippen MR) is 96.9 cm³/mol. The third-order valence-corrected chi connectivity index (χ3v) is 4.66. The third kappa shape index (κ3) is 5.01. The van der Waals surface area contributed by atoms with E-state index < -0.39 is 11.9 Å². The van der Waals surface area contributed by atoms with Crippen molar-refractivity contribution in [1.29, 1.82) is 0 Å². The van der Waals surface area contributed by atoms with Crippen LogP contribution >= 0.6 is 11.8 Å². The van der Waals surface area contributed by atoms with E-state index in [2.05, 4.69) is 0 Å². The summed E-state index contributed by atoms with van der Waals surface area (Å²) in [5.41, 5.74) is 1.29. The number of amides is 1. The molecule has 1 aromatic rings. The second kappa shape index (κ2) is 9.28. The molecule has 0 radical (unpaired) electrons. The van der Waals surface area contributed by atoms with Crippen molar-refractivity contribution >= 4 is 29.6 Å². The Balaban J connectivity index is 1.94. The topological polar surface area (TPSA) is 82.1 Å². The Morgan fingerprint density at radius 3 is 2.77 bits per heavy atom. The number of esters is 2. The number of ether oxygens (including phenoxy) is 3. The number of carbonyl (C=O) groups excluding carboxylic acids is 3. The summed E-state index contributed by atoms with van der Waals surface area (Å²) in [5.74, 6) is -0.297. The summed E-state index contributed by atoms with van der Waals surface area (Å²) >= 11 is 1.25. The molecule has 1 amide bonds. The maximum absolute atomic E-state index is 12.1. The Bertz CT molecular complexity index is 730. The summed E-state index contributed by atoms with van der Waals surface area (Å²) in [5, 5.41) is 0.501. The molecular weight excluding hydrogens is 358 g/mol. The van der Waals surface area contributed by atoms with Crippen molar-refractivity contribution in [3.8, 4) is 5.75 Å². The van der Waals surface area contributed by atoms with E-state index in [1.807, 2.05) is 6.92 Å². The number of hydrogen-bond donors (Lipinski definition) is 0. The normalized spacial score (nSPS) is 15.3. The molecule has 0 aromatic heterocycles. The van der Waals surface area contributed by atoms with E-state index in [1.54, 1.807) is 25.1 Å². The molecule has 140 valence electrons. The maximum Gasteiger partial charge on any atom is 0.338 e. The van der Waals surface area contributed by atoms with Gasteiger partial charge in [0.2, 0.25) is 5.91 Å². The van der Waals surface area contributed by atoms with Crippen molar-refractivity contribution < 1.29 is 28.6 Å². The molecule has 1 aromatic carbocycles. The molecule has 2 rings (SSSR count). The zero-order valence-corrected chi connectivity index (χ0v) is 15.8. The Kier molecular flexibility index (Phi) is 7.08. The Hall–Kier alpha value is -2.48. The van der Waals surface area contributed by atoms with Gasteiger partial charge in [-0.05, 0) is 31.5 Å². The first-order valence-corrected chi connectivity index (χ1v) is 9.08. The summed E-state index contributed by atoms with van der Waals surface area (Å²) in [6, 6.07) is 5.04. The quantitative estimate of drug-likeness (QED) is 0.530. The average molecular weight is 379 g/mol. The predicted octanol–water partition coefficient (Wildman–Crippen LogP) is 2.14. The fraction of sp³-hybridized carbons (Fsp3) is 0.389. The highest BCUT2D eigenvalue weighted by Crippen LogP contribution is 2.28. The molecule has 0 spiro atoms. The van der Waals surface area contributed by atoms with Crippen LogP contribution in [0.3, 0.4) is 0 Å². The van der Waals surface area contributed by atoms with Gasteiger partial charge in [0.25, 0.3) is 0 Å². The smallest absolute Gasteiger partial charge is 0.338 e. The van der Waals surface area contributed by atoms with E-state index >= 15 is 0 Å². The Labute approximate surface area is 156 Å². The molecule has 0 unspecified atom stereocenters. The van der Waals surface area contributed by atoms with E-state index in [0.717, 1.165) is 5.56 Å². The van der Waals surface area contributed by atoms with Crippen LogP contribution in [0.1, 0.15) is 22.8 Å². The van der Waals surface area contributed by atoms with Crippen LogP contribution in [-0.2, 0) is 19.1 Å². The molecular formula is C18H21NO6S. The molecule has 0 aliphatic carbocycles. The summed E-state index contributed by atoms with van der Waals surface area (Å²) in [6.07, 6.45) is 1.28. The first-order chi connectivity index (χ1) is 12.5. The van der Waals surface area contributed by atoms with E-state index in [-0.39, 0.29) is 31.4 Å². The highest BCUT2D eigenvalue weighted by Gasteiger charge is 2.27. The summed E-state index contributed by atoms with van der Waals surface area (Å²) in [6.45, 7) is 4.04. The Morgan fingerprint density at radius 1 is 1.31 bits per heavy atom. The van der Waals surface area contributed by atoms with Gasteiger partial charge in [-0.15, -0.1) is 0 Å². The lowest BCUT2D eigenvalue weighted by Crippen LogP contribution is -2.29. The number of carbonyl (C=O) groups is 3. The van der Waals surface area contributed by atoms with Crippen molar-refractivity contribution in [2.45, 2.75) is 13.8 Å². The standard InChI is InChI=1S/C18H21NO6S/c1-4-24-17(21)10-16-19(15(20)11-26-16)7-8-25-18(22)13-6-5-12(2)14(9-13)23-3/h5-6,9-10H,4,7-8,11H2,1-3H3/b16-10-. The molecule has 0 bridgehead atoms. The van der Waals surface area contributed by atoms with Gasteiger partial charge in [0, 0.05) is 0 Å². The first kappa shape index (κ1) is 19.8. The second-order valence-electron chi connectivity index (χ2n) is 5.39. The molecule has 1 aliphatic rings. The lowest BCUT2D eigenvalue weighted by molar-refractivity contribution is -0.137. The van der Waals surface area contributed by atoms with Crippen molar-refractivity contribution in [3.63, 3.8) is 0 Å². The zero-order chi connectivity index (χ0) is 19.1. The van der Waals surface area contributed by atoms with Gasteiger partial charge >= 0.3 is 11.9 Å². The van der Waals surface area contributed by atoms with Crippen LogP contribution in [0.4, 0.5) is 0 Å². The number of methoxy groups -OCH3 is 1. The largest absolute Gasteiger partial charge is 0.496 e. The minimum Gasteiger partial charge on any atom is -0.496 e. The van der Waals surface area contributed by atoms with Crippen molar-refractivity contribution in [2.75, 3.05) is 32.6 Å². The van der Waals surface area contributed by atoms with Gasteiger partial charge < -0.3 is 19.1 Å². The van der Waals surface area contributed by atoms with Gasteiger partial charge in [-0.2, -0.15) is 0 Å². The van der Waals surface area contributed by atoms with Crippen LogP contribution in [0, 0.1) is 6.92 Å². The fourth-order valence-electron chi connectivity index (χ4n) is 2.31. The molecule has 1 saturated heterocycles.